The Hall–Kier alpha value is -4.82. The van der Waals surface area contributed by atoms with E-state index in [1.165, 1.54) is 98.7 Å². The van der Waals surface area contributed by atoms with Crippen molar-refractivity contribution in [3.05, 3.63) is 205 Å². The van der Waals surface area contributed by atoms with Crippen molar-refractivity contribution in [1.82, 2.24) is 0 Å². The van der Waals surface area contributed by atoms with E-state index in [4.69, 9.17) is 17.0 Å². The van der Waals surface area contributed by atoms with Crippen LogP contribution < -0.4 is 0 Å². The fraction of sp³-hybridized carbons (Fsp3) is 0.138. The minimum absolute atomic E-state index is 0.536. The average molecular weight is 939 g/mol. The molecule has 0 saturated carbocycles. The van der Waals surface area contributed by atoms with Gasteiger partial charge in [-0.3, -0.25) is 0 Å². The number of halogens is 2. The van der Waals surface area contributed by atoms with Gasteiger partial charge in [0.1, 0.15) is 0 Å². The molecule has 0 bridgehead atoms. The third-order valence-corrected chi connectivity index (χ3v) is 11.5. The van der Waals surface area contributed by atoms with Crippen molar-refractivity contribution < 1.29 is 20.8 Å². The maximum atomic E-state index is 4.93. The molecular formula is C58H52Cl2SiZr. The molecule has 0 aliphatic carbocycles. The second kappa shape index (κ2) is 21.5. The van der Waals surface area contributed by atoms with Gasteiger partial charge in [0, 0.05) is 9.52 Å². The van der Waals surface area contributed by atoms with Crippen LogP contribution in [0, 0.1) is 0 Å². The molecule has 4 heteroatoms. The van der Waals surface area contributed by atoms with E-state index in [9.17, 15) is 0 Å². The summed E-state index contributed by atoms with van der Waals surface area (Å²) >= 11 is -0.826. The van der Waals surface area contributed by atoms with Gasteiger partial charge >= 0.3 is 37.9 Å². The van der Waals surface area contributed by atoms with Crippen LogP contribution in [0.3, 0.4) is 0 Å². The molecule has 10 rings (SSSR count). The normalized spacial score (nSPS) is 10.9. The molecule has 0 amide bonds. The molecule has 0 N–H and O–H groups in total. The molecule has 2 radical (unpaired) electrons. The summed E-state index contributed by atoms with van der Waals surface area (Å²) in [5.74, 6) is 1.07. The average Bonchev–Trinajstić information content (AvgIpc) is 3.96. The number of fused-ring (bicyclic) bond motifs is 4. The van der Waals surface area contributed by atoms with Crippen LogP contribution in [-0.4, -0.2) is 9.52 Å². The predicted molar refractivity (Wildman–Crippen MR) is 273 cm³/mol. The van der Waals surface area contributed by atoms with Crippen LogP contribution in [0.1, 0.15) is 50.7 Å². The van der Waals surface area contributed by atoms with Crippen LogP contribution in [0.15, 0.2) is 194 Å². The Kier molecular flexibility index (Phi) is 15.7. The number of hydrogen-bond acceptors (Lipinski definition) is 0. The van der Waals surface area contributed by atoms with E-state index >= 15 is 0 Å². The van der Waals surface area contributed by atoms with Gasteiger partial charge < -0.3 is 0 Å². The molecule has 10 aromatic carbocycles. The Labute approximate surface area is 389 Å². The molecule has 0 aromatic heterocycles. The summed E-state index contributed by atoms with van der Waals surface area (Å²) in [6.45, 7) is 13.4. The third kappa shape index (κ3) is 10.0. The first-order valence-corrected chi connectivity index (χ1v) is 29.7. The summed E-state index contributed by atoms with van der Waals surface area (Å²) < 4.78 is 0. The summed E-state index contributed by atoms with van der Waals surface area (Å²) in [4.78, 5) is 0. The molecule has 10 aromatic rings. The van der Waals surface area contributed by atoms with Crippen molar-refractivity contribution in [3.63, 3.8) is 0 Å². The first kappa shape index (κ1) is 45.2. The second-order valence-electron chi connectivity index (χ2n) is 16.2. The molecule has 0 aliphatic rings. The van der Waals surface area contributed by atoms with Crippen molar-refractivity contribution in [2.45, 2.75) is 52.6 Å². The van der Waals surface area contributed by atoms with E-state index in [-0.39, 0.29) is 0 Å². The van der Waals surface area contributed by atoms with Crippen LogP contribution in [0.25, 0.3) is 87.6 Å². The van der Waals surface area contributed by atoms with Gasteiger partial charge in [-0.1, -0.05) is 198 Å². The first-order valence-electron chi connectivity index (χ1n) is 21.4. The molecule has 0 unspecified atom stereocenters. The van der Waals surface area contributed by atoms with Crippen molar-refractivity contribution in [1.29, 1.82) is 0 Å². The minimum atomic E-state index is -0.826. The molecule has 0 heterocycles. The Morgan fingerprint density at radius 2 is 0.629 bits per heavy atom. The van der Waals surface area contributed by atoms with E-state index in [1.54, 1.807) is 0 Å². The van der Waals surface area contributed by atoms with Gasteiger partial charge in [0.2, 0.25) is 0 Å². The Balaban J connectivity index is 0.000000166. The quantitative estimate of drug-likeness (QED) is 0.115. The van der Waals surface area contributed by atoms with Crippen LogP contribution in [0.5, 0.6) is 0 Å². The monoisotopic (exact) mass is 936 g/mol. The molecule has 0 aliphatic heterocycles. The fourth-order valence-corrected chi connectivity index (χ4v) is 8.48. The Morgan fingerprint density at radius 1 is 0.371 bits per heavy atom. The molecule has 0 atom stereocenters. The van der Waals surface area contributed by atoms with Crippen molar-refractivity contribution >= 4 is 69.6 Å². The summed E-state index contributed by atoms with van der Waals surface area (Å²) in [6.07, 6.45) is 0. The molecule has 0 nitrogen and oxygen atoms in total. The summed E-state index contributed by atoms with van der Waals surface area (Å²) in [7, 11) is 11.0. The van der Waals surface area contributed by atoms with Crippen molar-refractivity contribution in [3.8, 4) is 44.5 Å². The fourth-order valence-electron chi connectivity index (χ4n) is 8.48. The van der Waals surface area contributed by atoms with Crippen LogP contribution in [0.4, 0.5) is 0 Å². The van der Waals surface area contributed by atoms with Crippen molar-refractivity contribution in [2.75, 3.05) is 0 Å². The zero-order chi connectivity index (χ0) is 43.6. The molecule has 62 heavy (non-hydrogen) atoms. The van der Waals surface area contributed by atoms with E-state index in [1.807, 2.05) is 0 Å². The second-order valence-corrected chi connectivity index (χ2v) is 21.0. The third-order valence-electron chi connectivity index (χ3n) is 11.5. The van der Waals surface area contributed by atoms with Crippen LogP contribution in [0.2, 0.25) is 13.1 Å². The van der Waals surface area contributed by atoms with Crippen molar-refractivity contribution in [2.24, 2.45) is 0 Å². The molecule has 0 spiro atoms. The Bertz CT molecular complexity index is 2820. The van der Waals surface area contributed by atoms with Gasteiger partial charge in [0.25, 0.3) is 0 Å². The standard InChI is InChI=1S/2C28H23.C2H6Si.2ClH.Zr/c2*1-19(2)22-17-21-11-8-16-27(28(21)18-22)26-14-6-5-13-25(26)24-15-7-10-20-9-3-4-12-23(20)24;1-3-2;;;/h2*3-19H,1-2H3;1-2H3;2*1H;/q2*-1;;;;+4/p-2. The van der Waals surface area contributed by atoms with Crippen LogP contribution in [-0.2, 0) is 20.8 Å². The Morgan fingerprint density at radius 3 is 0.968 bits per heavy atom. The molecule has 0 saturated heterocycles. The number of benzene rings is 8. The van der Waals surface area contributed by atoms with Gasteiger partial charge in [0.15, 0.2) is 0 Å². The SMILES string of the molecule is CC(C)c1cc2c(-c3ccccc3-c3cccc4ccccc34)cccc2[cH-]1.CC(C)c1cc2c(-c3ccccc3-c3cccc4ccccc34)cccc2[cH-]1.C[Si]C.[Cl][Zr+2][Cl]. The number of hydrogen-bond donors (Lipinski definition) is 0. The predicted octanol–water partition coefficient (Wildman–Crippen LogP) is 18.5. The van der Waals surface area contributed by atoms with E-state index in [2.05, 4.69) is 235 Å². The molecular weight excluding hydrogens is 887 g/mol. The topological polar surface area (TPSA) is 0 Å². The summed E-state index contributed by atoms with van der Waals surface area (Å²) in [6, 6.07) is 70.8. The van der Waals surface area contributed by atoms with E-state index < -0.39 is 20.8 Å². The van der Waals surface area contributed by atoms with E-state index in [0.29, 0.717) is 11.8 Å². The summed E-state index contributed by atoms with van der Waals surface area (Å²) in [5, 5.41) is 10.5. The van der Waals surface area contributed by atoms with Crippen LogP contribution >= 0.6 is 17.0 Å². The molecule has 306 valence electrons. The van der Waals surface area contributed by atoms with Gasteiger partial charge in [-0.05, 0) is 66.8 Å². The van der Waals surface area contributed by atoms with Gasteiger partial charge in [-0.25, -0.2) is 0 Å². The first-order chi connectivity index (χ1) is 30.3. The van der Waals surface area contributed by atoms with Gasteiger partial charge in [-0.2, -0.15) is 12.1 Å². The maximum absolute atomic E-state index is 4.93. The zero-order valence-corrected chi connectivity index (χ0v) is 41.4. The summed E-state index contributed by atoms with van der Waals surface area (Å²) in [5.41, 5.74) is 13.2. The number of rotatable bonds is 6. The van der Waals surface area contributed by atoms with Gasteiger partial charge in [0.05, 0.1) is 0 Å². The zero-order valence-electron chi connectivity index (χ0n) is 36.4. The molecule has 0 fully saturated rings. The van der Waals surface area contributed by atoms with E-state index in [0.717, 1.165) is 9.52 Å². The van der Waals surface area contributed by atoms with Gasteiger partial charge in [-0.15, -0.1) is 69.1 Å².